The molecule has 5 rings (SSSR count). The molecular weight excluding hydrogens is 638 g/mol. The first-order chi connectivity index (χ1) is 23.5. The van der Waals surface area contributed by atoms with Gasteiger partial charge in [-0.1, -0.05) is 52.0 Å². The standard InChI is InChI=1S/C38H53N5O7/c1-24(2)34(32-21-33(40-50-32)48-23-38(7)14-17-42(18-15-38)36(47)49-37(4,5)6)35(46)43-22-28(44)20-30(43)31(45)19-25(3)26-9-11-27(12-10-26)29-13-16-39-41(29)8/h9-13,16,21,24-25,28,30,34,44H,14-15,17-20,22-23H2,1-8H3/t25-,28-,30+,34+/m1/s1. The van der Waals surface area contributed by atoms with E-state index in [0.717, 1.165) is 29.7 Å². The second-order valence-corrected chi connectivity index (χ2v) is 15.8. The Morgan fingerprint density at radius 1 is 1.08 bits per heavy atom. The van der Waals surface area contributed by atoms with Crippen molar-refractivity contribution in [3.8, 4) is 17.1 Å². The van der Waals surface area contributed by atoms with Crippen molar-refractivity contribution in [2.24, 2.45) is 18.4 Å². The van der Waals surface area contributed by atoms with E-state index in [1.807, 2.05) is 83.6 Å². The largest absolute Gasteiger partial charge is 0.475 e. The average Bonchev–Trinajstić information content (AvgIpc) is 3.79. The Hall–Kier alpha value is -4.19. The van der Waals surface area contributed by atoms with Gasteiger partial charge in [0.25, 0.3) is 5.88 Å². The van der Waals surface area contributed by atoms with Gasteiger partial charge in [-0.3, -0.25) is 14.3 Å². The number of hydrogen-bond acceptors (Lipinski definition) is 9. The van der Waals surface area contributed by atoms with Crippen LogP contribution in [0.2, 0.25) is 0 Å². The monoisotopic (exact) mass is 691 g/mol. The van der Waals surface area contributed by atoms with Crippen molar-refractivity contribution < 1.29 is 33.5 Å². The Morgan fingerprint density at radius 3 is 2.36 bits per heavy atom. The summed E-state index contributed by atoms with van der Waals surface area (Å²) in [7, 11) is 1.90. The van der Waals surface area contributed by atoms with E-state index in [0.29, 0.717) is 25.5 Å². The number of Topliss-reactive ketones (excluding diaryl/α,β-unsaturated/α-hetero) is 1. The van der Waals surface area contributed by atoms with Crippen LogP contribution in [-0.4, -0.2) is 91.6 Å². The number of ether oxygens (including phenoxy) is 2. The highest BCUT2D eigenvalue weighted by Crippen LogP contribution is 2.36. The molecule has 2 saturated heterocycles. The van der Waals surface area contributed by atoms with Gasteiger partial charge in [0.1, 0.15) is 11.5 Å². The minimum absolute atomic E-state index is 0.0703. The number of benzene rings is 1. The predicted molar refractivity (Wildman–Crippen MR) is 188 cm³/mol. The maximum absolute atomic E-state index is 14.1. The number of piperidine rings is 1. The van der Waals surface area contributed by atoms with Crippen LogP contribution in [0.5, 0.6) is 5.88 Å². The van der Waals surface area contributed by atoms with Gasteiger partial charge in [0.15, 0.2) is 11.5 Å². The molecule has 1 N–H and O–H groups in total. The Balaban J connectivity index is 1.19. The number of amides is 2. The number of carbonyl (C=O) groups excluding carboxylic acids is 3. The molecule has 2 aliphatic rings. The summed E-state index contributed by atoms with van der Waals surface area (Å²) in [6.07, 6.45) is 2.60. The van der Waals surface area contributed by atoms with Crippen molar-refractivity contribution in [2.75, 3.05) is 26.2 Å². The number of aliphatic hydroxyl groups excluding tert-OH is 1. The number of aryl methyl sites for hydroxylation is 1. The van der Waals surface area contributed by atoms with Gasteiger partial charge in [-0.05, 0) is 67.8 Å². The SMILES string of the molecule is CC(C)[C@H](C(=O)N1C[C@H](O)C[C@H]1C(=O)C[C@@H](C)c1ccc(-c2ccnn2C)cc1)c1cc(OCC2(C)CCN(C(=O)OC(C)(C)C)CC2)no1. The molecule has 1 aromatic carbocycles. The maximum atomic E-state index is 14.1. The van der Waals surface area contributed by atoms with Gasteiger partial charge in [-0.15, -0.1) is 0 Å². The normalized spacial score (nSPS) is 20.5. The van der Waals surface area contributed by atoms with Gasteiger partial charge in [-0.25, -0.2) is 4.79 Å². The fourth-order valence-electron chi connectivity index (χ4n) is 6.91. The first-order valence-corrected chi connectivity index (χ1v) is 17.7. The Labute approximate surface area is 295 Å². The summed E-state index contributed by atoms with van der Waals surface area (Å²) in [6.45, 7) is 15.1. The summed E-state index contributed by atoms with van der Waals surface area (Å²) in [4.78, 5) is 43.6. The second-order valence-electron chi connectivity index (χ2n) is 15.8. The molecule has 2 aromatic heterocycles. The molecule has 2 fully saturated rings. The van der Waals surface area contributed by atoms with Crippen molar-refractivity contribution in [3.05, 3.63) is 53.9 Å². The molecule has 50 heavy (non-hydrogen) atoms. The molecule has 0 radical (unpaired) electrons. The lowest BCUT2D eigenvalue weighted by atomic mass is 9.81. The van der Waals surface area contributed by atoms with Crippen LogP contribution in [0.1, 0.15) is 97.3 Å². The van der Waals surface area contributed by atoms with Gasteiger partial charge < -0.3 is 28.9 Å². The average molecular weight is 692 g/mol. The van der Waals surface area contributed by atoms with E-state index >= 15 is 0 Å². The van der Waals surface area contributed by atoms with E-state index in [4.69, 9.17) is 14.0 Å². The molecule has 3 aromatic rings. The van der Waals surface area contributed by atoms with Gasteiger partial charge in [0.05, 0.1) is 24.4 Å². The lowest BCUT2D eigenvalue weighted by Gasteiger charge is -2.39. The van der Waals surface area contributed by atoms with Crippen LogP contribution in [0.15, 0.2) is 47.1 Å². The Kier molecular flexibility index (Phi) is 11.1. The van der Waals surface area contributed by atoms with Crippen LogP contribution in [-0.2, 0) is 21.4 Å². The van der Waals surface area contributed by atoms with Crippen molar-refractivity contribution in [2.45, 2.75) is 104 Å². The molecule has 12 nitrogen and oxygen atoms in total. The topological polar surface area (TPSA) is 140 Å². The van der Waals surface area contributed by atoms with E-state index in [2.05, 4.69) is 17.2 Å². The van der Waals surface area contributed by atoms with Crippen molar-refractivity contribution >= 4 is 17.8 Å². The van der Waals surface area contributed by atoms with Gasteiger partial charge >= 0.3 is 6.09 Å². The fourth-order valence-corrected chi connectivity index (χ4v) is 6.91. The molecule has 272 valence electrons. The third-order valence-electron chi connectivity index (χ3n) is 9.97. The minimum atomic E-state index is -0.787. The summed E-state index contributed by atoms with van der Waals surface area (Å²) < 4.78 is 19.1. The second kappa shape index (κ2) is 15.0. The molecule has 0 unspecified atom stereocenters. The maximum Gasteiger partial charge on any atom is 0.410 e. The molecule has 4 atom stereocenters. The highest BCUT2D eigenvalue weighted by molar-refractivity contribution is 5.92. The quantitative estimate of drug-likeness (QED) is 0.258. The zero-order chi connectivity index (χ0) is 36.4. The summed E-state index contributed by atoms with van der Waals surface area (Å²) in [6, 6.07) is 11.0. The van der Waals surface area contributed by atoms with Crippen molar-refractivity contribution in [1.82, 2.24) is 24.7 Å². The van der Waals surface area contributed by atoms with E-state index < -0.39 is 23.7 Å². The first kappa shape index (κ1) is 37.1. The molecule has 4 heterocycles. The molecule has 12 heteroatoms. The van der Waals surface area contributed by atoms with Crippen molar-refractivity contribution in [3.63, 3.8) is 0 Å². The van der Waals surface area contributed by atoms with Crippen LogP contribution in [0.4, 0.5) is 4.79 Å². The van der Waals surface area contributed by atoms with Gasteiger partial charge in [0, 0.05) is 57.2 Å². The number of hydrogen-bond donors (Lipinski definition) is 1. The number of rotatable bonds is 11. The van der Waals surface area contributed by atoms with Gasteiger partial charge in [0.2, 0.25) is 5.91 Å². The molecule has 0 saturated carbocycles. The number of likely N-dealkylation sites (tertiary alicyclic amines) is 2. The zero-order valence-electron chi connectivity index (χ0n) is 30.7. The molecule has 2 amide bonds. The predicted octanol–water partition coefficient (Wildman–Crippen LogP) is 5.96. The number of aliphatic hydroxyl groups is 1. The lowest BCUT2D eigenvalue weighted by molar-refractivity contribution is -0.140. The number of aromatic nitrogens is 3. The van der Waals surface area contributed by atoms with Crippen LogP contribution in [0.3, 0.4) is 0 Å². The number of β-amino-alcohol motifs (C(OH)–C–C–N with tert-alkyl or cyclic N) is 1. The highest BCUT2D eigenvalue weighted by Gasteiger charge is 2.43. The summed E-state index contributed by atoms with van der Waals surface area (Å²) in [5.74, 6) is -0.640. The van der Waals surface area contributed by atoms with Crippen LogP contribution in [0, 0.1) is 11.3 Å². The summed E-state index contributed by atoms with van der Waals surface area (Å²) in [5, 5.41) is 19.0. The lowest BCUT2D eigenvalue weighted by Crippen LogP contribution is -2.46. The first-order valence-electron chi connectivity index (χ1n) is 17.7. The minimum Gasteiger partial charge on any atom is -0.475 e. The van der Waals surface area contributed by atoms with E-state index in [1.54, 1.807) is 17.2 Å². The number of ketones is 1. The highest BCUT2D eigenvalue weighted by atomic mass is 16.6. The Bertz CT molecular complexity index is 1630. The van der Waals surface area contributed by atoms with E-state index in [9.17, 15) is 19.5 Å². The van der Waals surface area contributed by atoms with Crippen molar-refractivity contribution in [1.29, 1.82) is 0 Å². The van der Waals surface area contributed by atoms with E-state index in [-0.39, 0.29) is 60.3 Å². The number of nitrogens with zero attached hydrogens (tertiary/aromatic N) is 5. The van der Waals surface area contributed by atoms with Crippen LogP contribution < -0.4 is 4.74 Å². The van der Waals surface area contributed by atoms with Gasteiger partial charge in [-0.2, -0.15) is 5.10 Å². The molecule has 0 aliphatic carbocycles. The zero-order valence-corrected chi connectivity index (χ0v) is 30.7. The van der Waals surface area contributed by atoms with Crippen LogP contribution in [0.25, 0.3) is 11.3 Å². The number of carbonyl (C=O) groups is 3. The molecule has 2 aliphatic heterocycles. The van der Waals surface area contributed by atoms with Crippen LogP contribution >= 0.6 is 0 Å². The molecule has 0 bridgehead atoms. The molecule has 0 spiro atoms. The van der Waals surface area contributed by atoms with E-state index in [1.165, 1.54) is 4.90 Å². The smallest absolute Gasteiger partial charge is 0.410 e. The Morgan fingerprint density at radius 2 is 1.76 bits per heavy atom. The fraction of sp³-hybridized carbons (Fsp3) is 0.605. The third-order valence-corrected chi connectivity index (χ3v) is 9.97. The third kappa shape index (κ3) is 8.75. The summed E-state index contributed by atoms with van der Waals surface area (Å²) in [5.41, 5.74) is 2.35. The molecular formula is C38H53N5O7. The summed E-state index contributed by atoms with van der Waals surface area (Å²) >= 11 is 0.